The molecule has 0 unspecified atom stereocenters. The average Bonchev–Trinajstić information content (AvgIpc) is 3.00. The van der Waals surface area contributed by atoms with E-state index in [1.165, 1.54) is 18.9 Å². The van der Waals surface area contributed by atoms with Gasteiger partial charge in [0, 0.05) is 20.6 Å². The van der Waals surface area contributed by atoms with Gasteiger partial charge in [-0.1, -0.05) is 46.6 Å². The molecule has 168 valence electrons. The summed E-state index contributed by atoms with van der Waals surface area (Å²) < 4.78 is 5.19. The summed E-state index contributed by atoms with van der Waals surface area (Å²) in [5, 5.41) is 4.55. The molecule has 0 saturated heterocycles. The van der Waals surface area contributed by atoms with Gasteiger partial charge in [-0.3, -0.25) is 9.59 Å². The molecule has 1 aliphatic rings. The Kier molecular flexibility index (Phi) is 6.91. The first kappa shape index (κ1) is 23.5. The Morgan fingerprint density at radius 2 is 1.58 bits per heavy atom. The van der Waals surface area contributed by atoms with Gasteiger partial charge in [0.2, 0.25) is 0 Å². The van der Waals surface area contributed by atoms with Gasteiger partial charge in [0.05, 0.1) is 17.8 Å². The van der Waals surface area contributed by atoms with Gasteiger partial charge in [0.25, 0.3) is 11.8 Å². The van der Waals surface area contributed by atoms with Gasteiger partial charge in [0.15, 0.2) is 0 Å². The number of nitrogens with one attached hydrogen (secondary N) is 1. The molecule has 1 heterocycles. The van der Waals surface area contributed by atoms with E-state index in [0.29, 0.717) is 37.8 Å². The number of methoxy groups -OCH3 is 1. The molecule has 3 aromatic rings. The molecule has 1 N–H and O–H groups in total. The first-order chi connectivity index (χ1) is 15.8. The van der Waals surface area contributed by atoms with Crippen LogP contribution in [0.25, 0.3) is 0 Å². The number of anilines is 2. The van der Waals surface area contributed by atoms with E-state index < -0.39 is 11.8 Å². The summed E-state index contributed by atoms with van der Waals surface area (Å²) in [5.41, 5.74) is 1.86. The first-order valence-corrected chi connectivity index (χ1v) is 11.7. The number of nitrogens with zero attached hydrogens (tertiary/aromatic N) is 1. The van der Waals surface area contributed by atoms with Gasteiger partial charge in [-0.2, -0.15) is 0 Å². The van der Waals surface area contributed by atoms with E-state index in [1.807, 2.05) is 0 Å². The molecule has 0 saturated carbocycles. The summed E-state index contributed by atoms with van der Waals surface area (Å²) in [6.45, 7) is 1.79. The molecule has 0 spiro atoms. The molecule has 4 rings (SSSR count). The number of carbonyl (C=O) groups excluding carboxylic acids is 2. The van der Waals surface area contributed by atoms with E-state index >= 15 is 0 Å². The van der Waals surface area contributed by atoms with E-state index in [0.717, 1.165) is 9.80 Å². The summed E-state index contributed by atoms with van der Waals surface area (Å²) in [4.78, 5) is 29.1. The highest BCUT2D eigenvalue weighted by atomic mass is 35.5. The fraction of sp³-hybridized carbons (Fsp3) is 0.0833. The highest BCUT2D eigenvalue weighted by molar-refractivity contribution is 8.04. The number of carbonyl (C=O) groups is 2. The zero-order valence-corrected chi connectivity index (χ0v) is 20.6. The van der Waals surface area contributed by atoms with Crippen LogP contribution < -0.4 is 15.0 Å². The highest BCUT2D eigenvalue weighted by Gasteiger charge is 2.40. The summed E-state index contributed by atoms with van der Waals surface area (Å²) in [6, 6.07) is 17.1. The van der Waals surface area contributed by atoms with Crippen LogP contribution in [0.3, 0.4) is 0 Å². The number of hydrogen-bond acceptors (Lipinski definition) is 5. The quantitative estimate of drug-likeness (QED) is 0.357. The molecule has 0 atom stereocenters. The second kappa shape index (κ2) is 9.69. The van der Waals surface area contributed by atoms with E-state index in [4.69, 9.17) is 39.5 Å². The molecule has 1 aliphatic heterocycles. The first-order valence-electron chi connectivity index (χ1n) is 9.71. The molecule has 3 aromatic carbocycles. The zero-order valence-electron chi connectivity index (χ0n) is 17.5. The van der Waals surface area contributed by atoms with Crippen LogP contribution >= 0.6 is 46.6 Å². The van der Waals surface area contributed by atoms with Gasteiger partial charge in [-0.25, -0.2) is 4.90 Å². The Balaban J connectivity index is 1.76. The van der Waals surface area contributed by atoms with Gasteiger partial charge in [-0.15, -0.1) is 0 Å². The van der Waals surface area contributed by atoms with Crippen LogP contribution in [0.5, 0.6) is 5.75 Å². The predicted octanol–water partition coefficient (Wildman–Crippen LogP) is 6.95. The molecule has 0 aromatic heterocycles. The number of rotatable bonds is 6. The Morgan fingerprint density at radius 3 is 2.21 bits per heavy atom. The van der Waals surface area contributed by atoms with E-state index in [2.05, 4.69) is 5.32 Å². The number of halogens is 3. The third-order valence-electron chi connectivity index (χ3n) is 4.90. The molecule has 5 nitrogen and oxygen atoms in total. The van der Waals surface area contributed by atoms with Gasteiger partial charge >= 0.3 is 0 Å². The maximum Gasteiger partial charge on any atom is 0.283 e. The molecular formula is C24H17Cl3N2O3S. The second-order valence-electron chi connectivity index (χ2n) is 7.11. The van der Waals surface area contributed by atoms with Crippen molar-refractivity contribution in [3.8, 4) is 5.75 Å². The van der Waals surface area contributed by atoms with Gasteiger partial charge in [0.1, 0.15) is 16.4 Å². The SMILES string of the molecule is COc1ccc(NC2=C(Sc3ccc(Cl)cc3)C(=O)N(c3ccc(Cl)cc3C)C2=O)cc1Cl. The molecular weight excluding hydrogens is 503 g/mol. The maximum absolute atomic E-state index is 13.5. The highest BCUT2D eigenvalue weighted by Crippen LogP contribution is 2.40. The summed E-state index contributed by atoms with van der Waals surface area (Å²) >= 11 is 19.5. The lowest BCUT2D eigenvalue weighted by Gasteiger charge is -2.18. The monoisotopic (exact) mass is 518 g/mol. The van der Waals surface area contributed by atoms with Gasteiger partial charge in [-0.05, 0) is 73.2 Å². The number of thioether (sulfide) groups is 1. The lowest BCUT2D eigenvalue weighted by Crippen LogP contribution is -2.32. The smallest absolute Gasteiger partial charge is 0.283 e. The molecule has 9 heteroatoms. The molecule has 0 radical (unpaired) electrons. The van der Waals surface area contributed by atoms with Crippen molar-refractivity contribution in [2.24, 2.45) is 0 Å². The van der Waals surface area contributed by atoms with Crippen LogP contribution in [0.2, 0.25) is 15.1 Å². The number of amides is 2. The molecule has 0 fully saturated rings. The average molecular weight is 520 g/mol. The lowest BCUT2D eigenvalue weighted by molar-refractivity contribution is -0.120. The van der Waals surface area contributed by atoms with E-state index in [-0.39, 0.29) is 10.6 Å². The number of benzene rings is 3. The molecule has 2 amide bonds. The van der Waals surface area contributed by atoms with Crippen LogP contribution in [-0.4, -0.2) is 18.9 Å². The molecule has 0 aliphatic carbocycles. The number of hydrogen-bond donors (Lipinski definition) is 1. The van der Waals surface area contributed by atoms with Crippen molar-refractivity contribution < 1.29 is 14.3 Å². The van der Waals surface area contributed by atoms with Crippen molar-refractivity contribution in [3.05, 3.63) is 91.9 Å². The Bertz CT molecular complexity index is 1290. The minimum absolute atomic E-state index is 0.149. The fourth-order valence-corrected chi connectivity index (χ4v) is 4.85. The van der Waals surface area contributed by atoms with Crippen LogP contribution in [0.15, 0.2) is 76.2 Å². The van der Waals surface area contributed by atoms with Crippen molar-refractivity contribution >= 4 is 69.8 Å². The van der Waals surface area contributed by atoms with Crippen molar-refractivity contribution in [2.45, 2.75) is 11.8 Å². The lowest BCUT2D eigenvalue weighted by atomic mass is 10.2. The van der Waals surface area contributed by atoms with E-state index in [1.54, 1.807) is 67.6 Å². The van der Waals surface area contributed by atoms with Crippen molar-refractivity contribution in [1.82, 2.24) is 0 Å². The Labute approximate surface area is 210 Å². The minimum atomic E-state index is -0.478. The normalized spacial score (nSPS) is 13.7. The van der Waals surface area contributed by atoms with Crippen LogP contribution in [0, 0.1) is 6.92 Å². The van der Waals surface area contributed by atoms with Crippen molar-refractivity contribution in [2.75, 3.05) is 17.3 Å². The summed E-state index contributed by atoms with van der Waals surface area (Å²) in [6.07, 6.45) is 0. The molecule has 33 heavy (non-hydrogen) atoms. The Hall–Kier alpha value is -2.64. The van der Waals surface area contributed by atoms with Crippen LogP contribution in [0.4, 0.5) is 11.4 Å². The third-order valence-corrected chi connectivity index (χ3v) is 6.77. The summed E-state index contributed by atoms with van der Waals surface area (Å²) in [7, 11) is 1.52. The number of ether oxygens (including phenoxy) is 1. The van der Waals surface area contributed by atoms with E-state index in [9.17, 15) is 9.59 Å². The second-order valence-corrected chi connectivity index (χ2v) is 9.47. The fourth-order valence-electron chi connectivity index (χ4n) is 3.31. The van der Waals surface area contributed by atoms with Gasteiger partial charge < -0.3 is 10.1 Å². The van der Waals surface area contributed by atoms with Crippen LogP contribution in [0.1, 0.15) is 5.56 Å². The van der Waals surface area contributed by atoms with Crippen molar-refractivity contribution in [3.63, 3.8) is 0 Å². The largest absolute Gasteiger partial charge is 0.495 e. The zero-order chi connectivity index (χ0) is 23.7. The summed E-state index contributed by atoms with van der Waals surface area (Å²) in [5.74, 6) is -0.416. The number of imide groups is 1. The standard InChI is InChI=1S/C24H17Cl3N2O3S/c1-13-11-15(26)5-9-19(13)29-23(30)21(28-16-6-10-20(32-2)18(27)12-16)22(24(29)31)33-17-7-3-14(25)4-8-17/h3-12,28H,1-2H3. The Morgan fingerprint density at radius 1 is 0.879 bits per heavy atom. The number of aryl methyl sites for hydroxylation is 1. The topological polar surface area (TPSA) is 58.6 Å². The minimum Gasteiger partial charge on any atom is -0.495 e. The van der Waals surface area contributed by atoms with Crippen molar-refractivity contribution in [1.29, 1.82) is 0 Å². The van der Waals surface area contributed by atoms with Crippen LogP contribution in [-0.2, 0) is 9.59 Å². The molecule has 0 bridgehead atoms. The third kappa shape index (κ3) is 4.84. The predicted molar refractivity (Wildman–Crippen MR) is 135 cm³/mol. The maximum atomic E-state index is 13.5.